The molecule has 0 saturated heterocycles. The Hall–Kier alpha value is -0.480. The van der Waals surface area contributed by atoms with Gasteiger partial charge in [-0.2, -0.15) is 0 Å². The fourth-order valence-electron chi connectivity index (χ4n) is 1.28. The first-order valence-corrected chi connectivity index (χ1v) is 7.72. The molecule has 0 aliphatic rings. The van der Waals surface area contributed by atoms with Gasteiger partial charge < -0.3 is 0 Å². The second-order valence-corrected chi connectivity index (χ2v) is 6.07. The van der Waals surface area contributed by atoms with E-state index in [0.717, 1.165) is 11.1 Å². The maximum absolute atomic E-state index is 11.1. The van der Waals surface area contributed by atoms with Gasteiger partial charge in [-0.3, -0.25) is 8.42 Å². The van der Waals surface area contributed by atoms with Crippen molar-refractivity contribution in [3.63, 3.8) is 0 Å². The summed E-state index contributed by atoms with van der Waals surface area (Å²) in [5.74, 6) is 1.10. The topological polar surface area (TPSA) is 34.1 Å². The highest BCUT2D eigenvalue weighted by atomic mass is 32.2. The molecule has 0 N–H and O–H groups in total. The normalized spacial score (nSPS) is 15.0. The zero-order valence-corrected chi connectivity index (χ0v) is 9.99. The molecule has 78 valence electrons. The second kappa shape index (κ2) is 5.41. The highest BCUT2D eigenvalue weighted by molar-refractivity contribution is 7.83. The molecule has 1 aromatic carbocycles. The van der Waals surface area contributed by atoms with E-state index in [1.807, 2.05) is 24.3 Å². The summed E-state index contributed by atoms with van der Waals surface area (Å²) in [6.45, 7) is 0. The summed E-state index contributed by atoms with van der Waals surface area (Å²) in [4.78, 5) is 0. The van der Waals surface area contributed by atoms with Gasteiger partial charge in [0.15, 0.2) is 0 Å². The van der Waals surface area contributed by atoms with E-state index < -0.39 is 21.6 Å². The van der Waals surface area contributed by atoms with Gasteiger partial charge in [0, 0.05) is 45.6 Å². The molecule has 1 rings (SSSR count). The standard InChI is InChI=1S/C10H14O2S2/c1-13(11)7-9-5-3-4-6-10(9)8-14(2)12/h3-6H,7-8H2,1-2H3. The molecule has 0 aliphatic carbocycles. The van der Waals surface area contributed by atoms with E-state index in [0.29, 0.717) is 11.5 Å². The molecule has 2 nitrogen and oxygen atoms in total. The van der Waals surface area contributed by atoms with E-state index in [-0.39, 0.29) is 0 Å². The van der Waals surface area contributed by atoms with Gasteiger partial charge in [0.05, 0.1) is 0 Å². The Labute approximate surface area is 89.6 Å². The fraction of sp³-hybridized carbons (Fsp3) is 0.400. The summed E-state index contributed by atoms with van der Waals surface area (Å²) in [5.41, 5.74) is 2.09. The third kappa shape index (κ3) is 3.72. The van der Waals surface area contributed by atoms with Crippen LogP contribution in [-0.2, 0) is 33.1 Å². The monoisotopic (exact) mass is 230 g/mol. The quantitative estimate of drug-likeness (QED) is 0.784. The van der Waals surface area contributed by atoms with Gasteiger partial charge >= 0.3 is 0 Å². The Morgan fingerprint density at radius 1 is 0.929 bits per heavy atom. The largest absolute Gasteiger partial charge is 0.260 e. The van der Waals surface area contributed by atoms with E-state index in [1.54, 1.807) is 12.5 Å². The van der Waals surface area contributed by atoms with Crippen LogP contribution in [0.15, 0.2) is 24.3 Å². The summed E-state index contributed by atoms with van der Waals surface area (Å²) in [6.07, 6.45) is 3.36. The lowest BCUT2D eigenvalue weighted by molar-refractivity contribution is 0.684. The van der Waals surface area contributed by atoms with Crippen molar-refractivity contribution in [1.82, 2.24) is 0 Å². The van der Waals surface area contributed by atoms with Crippen LogP contribution < -0.4 is 0 Å². The lowest BCUT2D eigenvalue weighted by atomic mass is 10.1. The SMILES string of the molecule is CS(=O)Cc1ccccc1CS(C)=O. The Bertz CT molecular complexity index is 326. The first kappa shape index (κ1) is 11.6. The molecule has 14 heavy (non-hydrogen) atoms. The molecule has 1 aromatic rings. The smallest absolute Gasteiger partial charge is 0.0485 e. The van der Waals surface area contributed by atoms with Crippen LogP contribution in [0.5, 0.6) is 0 Å². The van der Waals surface area contributed by atoms with Gasteiger partial charge in [-0.05, 0) is 11.1 Å². The Balaban J connectivity index is 2.90. The highest BCUT2D eigenvalue weighted by Gasteiger charge is 2.04. The minimum atomic E-state index is -0.841. The average Bonchev–Trinajstić information content (AvgIpc) is 2.06. The molecule has 0 fully saturated rings. The molecule has 4 heteroatoms. The van der Waals surface area contributed by atoms with E-state index in [1.165, 1.54) is 0 Å². The summed E-state index contributed by atoms with van der Waals surface area (Å²) in [5, 5.41) is 0. The van der Waals surface area contributed by atoms with Crippen LogP contribution in [0, 0.1) is 0 Å². The molecular formula is C10H14O2S2. The van der Waals surface area contributed by atoms with Crippen molar-refractivity contribution >= 4 is 21.6 Å². The summed E-state index contributed by atoms with van der Waals surface area (Å²) in [7, 11) is -1.68. The van der Waals surface area contributed by atoms with Gasteiger partial charge in [-0.15, -0.1) is 0 Å². The lowest BCUT2D eigenvalue weighted by Crippen LogP contribution is -2.00. The number of hydrogen-bond acceptors (Lipinski definition) is 2. The van der Waals surface area contributed by atoms with E-state index in [9.17, 15) is 8.42 Å². The predicted octanol–water partition coefficient (Wildman–Crippen LogP) is 1.44. The van der Waals surface area contributed by atoms with Crippen molar-refractivity contribution in [3.8, 4) is 0 Å². The molecule has 0 spiro atoms. The molecule has 2 unspecified atom stereocenters. The van der Waals surface area contributed by atoms with Gasteiger partial charge in [-0.25, -0.2) is 0 Å². The lowest BCUT2D eigenvalue weighted by Gasteiger charge is -2.06. The van der Waals surface area contributed by atoms with Crippen LogP contribution in [0.1, 0.15) is 11.1 Å². The summed E-state index contributed by atoms with van der Waals surface area (Å²) in [6, 6.07) is 7.74. The van der Waals surface area contributed by atoms with Crippen LogP contribution in [0.25, 0.3) is 0 Å². The highest BCUT2D eigenvalue weighted by Crippen LogP contribution is 2.12. The van der Waals surface area contributed by atoms with Crippen LogP contribution >= 0.6 is 0 Å². The number of hydrogen-bond donors (Lipinski definition) is 0. The number of rotatable bonds is 4. The molecule has 0 amide bonds. The van der Waals surface area contributed by atoms with Crippen LogP contribution in [0.4, 0.5) is 0 Å². The summed E-state index contributed by atoms with van der Waals surface area (Å²) < 4.78 is 22.2. The van der Waals surface area contributed by atoms with Gasteiger partial charge in [-0.1, -0.05) is 24.3 Å². The van der Waals surface area contributed by atoms with Gasteiger partial charge in [0.25, 0.3) is 0 Å². The third-order valence-electron chi connectivity index (χ3n) is 1.84. The molecule has 2 atom stereocenters. The Kier molecular flexibility index (Phi) is 4.48. The first-order valence-electron chi connectivity index (χ1n) is 4.26. The molecule has 0 aliphatic heterocycles. The Morgan fingerprint density at radius 3 is 1.57 bits per heavy atom. The molecular weight excluding hydrogens is 216 g/mol. The maximum Gasteiger partial charge on any atom is 0.0485 e. The maximum atomic E-state index is 11.1. The molecule has 0 heterocycles. The Morgan fingerprint density at radius 2 is 1.29 bits per heavy atom. The fourth-order valence-corrected chi connectivity index (χ4v) is 2.72. The minimum absolute atomic E-state index is 0.549. The van der Waals surface area contributed by atoms with E-state index >= 15 is 0 Å². The van der Waals surface area contributed by atoms with Crippen molar-refractivity contribution in [2.45, 2.75) is 11.5 Å². The zero-order chi connectivity index (χ0) is 10.6. The second-order valence-electron chi connectivity index (χ2n) is 3.20. The minimum Gasteiger partial charge on any atom is -0.260 e. The molecule has 0 radical (unpaired) electrons. The van der Waals surface area contributed by atoms with Crippen LogP contribution in [0.3, 0.4) is 0 Å². The van der Waals surface area contributed by atoms with Crippen molar-refractivity contribution in [2.24, 2.45) is 0 Å². The molecule has 0 aromatic heterocycles. The van der Waals surface area contributed by atoms with Gasteiger partial charge in [0.2, 0.25) is 0 Å². The van der Waals surface area contributed by atoms with Crippen LogP contribution in [-0.4, -0.2) is 20.9 Å². The molecule has 0 bridgehead atoms. The van der Waals surface area contributed by atoms with Crippen molar-refractivity contribution in [2.75, 3.05) is 12.5 Å². The van der Waals surface area contributed by atoms with Crippen molar-refractivity contribution in [1.29, 1.82) is 0 Å². The third-order valence-corrected chi connectivity index (χ3v) is 3.27. The van der Waals surface area contributed by atoms with Gasteiger partial charge in [0.1, 0.15) is 0 Å². The summed E-state index contributed by atoms with van der Waals surface area (Å²) >= 11 is 0. The molecule has 0 saturated carbocycles. The first-order chi connectivity index (χ1) is 6.59. The van der Waals surface area contributed by atoms with E-state index in [4.69, 9.17) is 0 Å². The van der Waals surface area contributed by atoms with Crippen molar-refractivity contribution < 1.29 is 8.42 Å². The van der Waals surface area contributed by atoms with Crippen LogP contribution in [0.2, 0.25) is 0 Å². The van der Waals surface area contributed by atoms with E-state index in [2.05, 4.69) is 0 Å². The average molecular weight is 230 g/mol. The van der Waals surface area contributed by atoms with Crippen molar-refractivity contribution in [3.05, 3.63) is 35.4 Å². The number of benzene rings is 1. The predicted molar refractivity (Wildman–Crippen MR) is 62.0 cm³/mol. The zero-order valence-electron chi connectivity index (χ0n) is 8.36.